The third-order valence-corrected chi connectivity index (χ3v) is 5.73. The Morgan fingerprint density at radius 2 is 1.59 bits per heavy atom. The van der Waals surface area contributed by atoms with Gasteiger partial charge in [-0.25, -0.2) is 0 Å². The van der Waals surface area contributed by atoms with Gasteiger partial charge < -0.3 is 9.42 Å². The van der Waals surface area contributed by atoms with Gasteiger partial charge in [0, 0.05) is 27.8 Å². The number of halogens is 1. The lowest BCUT2D eigenvalue weighted by Gasteiger charge is -2.26. The zero-order valence-corrected chi connectivity index (χ0v) is 19.9. The summed E-state index contributed by atoms with van der Waals surface area (Å²) in [4.78, 5) is 32.8. The number of amides is 1. The smallest absolute Gasteiger partial charge is 0.255 e. The van der Waals surface area contributed by atoms with Crippen LogP contribution in [-0.2, 0) is 6.54 Å². The maximum atomic E-state index is 13.6. The average Bonchev–Trinajstić information content (AvgIpc) is 3.31. The van der Waals surface area contributed by atoms with Gasteiger partial charge in [0.15, 0.2) is 5.78 Å². The van der Waals surface area contributed by atoms with E-state index in [1.54, 1.807) is 65.6 Å². The first kappa shape index (κ1) is 23.4. The second-order valence-electron chi connectivity index (χ2n) is 8.29. The predicted molar refractivity (Wildman–Crippen MR) is 131 cm³/mol. The van der Waals surface area contributed by atoms with Gasteiger partial charge in [0.05, 0.1) is 5.56 Å². The highest BCUT2D eigenvalue weighted by Gasteiger charge is 2.26. The summed E-state index contributed by atoms with van der Waals surface area (Å²) in [5, 5.41) is 4.65. The fraction of sp³-hybridized carbons (Fsp3) is 0.185. The Balaban J connectivity index is 1.60. The summed E-state index contributed by atoms with van der Waals surface area (Å²) in [6.45, 7) is 5.88. The minimum Gasteiger partial charge on any atom is -0.337 e. The highest BCUT2D eigenvalue weighted by atomic mass is 35.5. The van der Waals surface area contributed by atoms with Crippen LogP contribution in [-0.4, -0.2) is 32.8 Å². The van der Waals surface area contributed by atoms with Gasteiger partial charge in [-0.05, 0) is 51.1 Å². The van der Waals surface area contributed by atoms with Crippen molar-refractivity contribution in [1.82, 2.24) is 15.0 Å². The molecule has 1 aromatic heterocycles. The number of nitrogens with zero attached hydrogens (tertiary/aromatic N) is 3. The molecule has 7 heteroatoms. The molecule has 0 aliphatic carbocycles. The molecule has 0 atom stereocenters. The van der Waals surface area contributed by atoms with Gasteiger partial charge in [0.25, 0.3) is 5.91 Å². The molecule has 0 N–H and O–H groups in total. The molecule has 0 fully saturated rings. The molecule has 1 amide bonds. The lowest BCUT2D eigenvalue weighted by atomic mass is 9.96. The first-order valence-electron chi connectivity index (χ1n) is 10.9. The summed E-state index contributed by atoms with van der Waals surface area (Å²) in [7, 11) is 0. The van der Waals surface area contributed by atoms with E-state index in [1.165, 1.54) is 0 Å². The van der Waals surface area contributed by atoms with Crippen molar-refractivity contribution in [2.75, 3.05) is 0 Å². The molecule has 0 bridgehead atoms. The Labute approximate surface area is 203 Å². The molecule has 1 heterocycles. The SMILES string of the molecule is Cc1ccc(C(=O)c2ccccc2C(=O)N(Cc2nc(-c3ccc(Cl)cc3)no2)C(C)C)cc1. The van der Waals surface area contributed by atoms with Crippen molar-refractivity contribution in [2.24, 2.45) is 0 Å². The number of rotatable bonds is 7. The average molecular weight is 474 g/mol. The Hall–Kier alpha value is -3.77. The van der Waals surface area contributed by atoms with Crippen molar-refractivity contribution in [2.45, 2.75) is 33.4 Å². The van der Waals surface area contributed by atoms with Gasteiger partial charge in [0.1, 0.15) is 6.54 Å². The summed E-state index contributed by atoms with van der Waals surface area (Å²) in [5.74, 6) is 0.236. The third-order valence-electron chi connectivity index (χ3n) is 5.48. The van der Waals surface area contributed by atoms with Crippen molar-refractivity contribution in [1.29, 1.82) is 0 Å². The van der Waals surface area contributed by atoms with Crippen LogP contribution in [0.15, 0.2) is 77.3 Å². The highest BCUT2D eigenvalue weighted by molar-refractivity contribution is 6.30. The molecule has 3 aromatic carbocycles. The number of ketones is 1. The zero-order chi connectivity index (χ0) is 24.2. The number of hydrogen-bond acceptors (Lipinski definition) is 5. The van der Waals surface area contributed by atoms with Crippen molar-refractivity contribution < 1.29 is 14.1 Å². The van der Waals surface area contributed by atoms with Crippen LogP contribution in [0, 0.1) is 6.92 Å². The number of aryl methyl sites for hydroxylation is 1. The minimum atomic E-state index is -0.280. The third kappa shape index (κ3) is 5.07. The van der Waals surface area contributed by atoms with Crippen molar-refractivity contribution in [3.8, 4) is 11.4 Å². The van der Waals surface area contributed by atoms with E-state index in [2.05, 4.69) is 10.1 Å². The van der Waals surface area contributed by atoms with Crippen molar-refractivity contribution in [3.05, 3.63) is 106 Å². The molecule has 34 heavy (non-hydrogen) atoms. The van der Waals surface area contributed by atoms with E-state index >= 15 is 0 Å². The van der Waals surface area contributed by atoms with E-state index in [0.717, 1.165) is 11.1 Å². The van der Waals surface area contributed by atoms with Gasteiger partial charge in [-0.2, -0.15) is 4.98 Å². The van der Waals surface area contributed by atoms with Crippen LogP contribution >= 0.6 is 11.6 Å². The number of carbonyl (C=O) groups excluding carboxylic acids is 2. The van der Waals surface area contributed by atoms with Gasteiger partial charge in [-0.3, -0.25) is 9.59 Å². The molecule has 0 saturated heterocycles. The number of hydrogen-bond donors (Lipinski definition) is 0. The fourth-order valence-corrected chi connectivity index (χ4v) is 3.68. The van der Waals surface area contributed by atoms with Gasteiger partial charge >= 0.3 is 0 Å². The van der Waals surface area contributed by atoms with E-state index in [-0.39, 0.29) is 24.3 Å². The monoisotopic (exact) mass is 473 g/mol. The summed E-state index contributed by atoms with van der Waals surface area (Å²) < 4.78 is 5.42. The number of carbonyl (C=O) groups is 2. The summed E-state index contributed by atoms with van der Waals surface area (Å²) in [6.07, 6.45) is 0. The van der Waals surface area contributed by atoms with Crippen LogP contribution < -0.4 is 0 Å². The topological polar surface area (TPSA) is 76.3 Å². The second-order valence-corrected chi connectivity index (χ2v) is 8.72. The first-order chi connectivity index (χ1) is 16.3. The van der Waals surface area contributed by atoms with Crippen LogP contribution in [0.2, 0.25) is 5.02 Å². The molecule has 4 aromatic rings. The van der Waals surface area contributed by atoms with Gasteiger partial charge in [-0.15, -0.1) is 0 Å². The Morgan fingerprint density at radius 3 is 2.24 bits per heavy atom. The quantitative estimate of drug-likeness (QED) is 0.308. The normalized spacial score (nSPS) is 11.0. The van der Waals surface area contributed by atoms with E-state index < -0.39 is 0 Å². The van der Waals surface area contributed by atoms with E-state index in [9.17, 15) is 9.59 Å². The van der Waals surface area contributed by atoms with Crippen LogP contribution in [0.3, 0.4) is 0 Å². The summed E-state index contributed by atoms with van der Waals surface area (Å²) >= 11 is 5.95. The van der Waals surface area contributed by atoms with E-state index in [0.29, 0.717) is 33.4 Å². The van der Waals surface area contributed by atoms with E-state index in [4.69, 9.17) is 16.1 Å². The molecule has 172 valence electrons. The Bertz CT molecular complexity index is 1310. The molecular formula is C27H24ClN3O3. The van der Waals surface area contributed by atoms with Gasteiger partial charge in [-0.1, -0.05) is 64.8 Å². The number of aromatic nitrogens is 2. The molecule has 0 aliphatic heterocycles. The highest BCUT2D eigenvalue weighted by Crippen LogP contribution is 2.22. The van der Waals surface area contributed by atoms with Crippen LogP contribution in [0.25, 0.3) is 11.4 Å². The molecule has 4 rings (SSSR count). The lowest BCUT2D eigenvalue weighted by Crippen LogP contribution is -2.37. The molecule has 0 aliphatic rings. The predicted octanol–water partition coefficient (Wildman–Crippen LogP) is 5.98. The summed E-state index contributed by atoms with van der Waals surface area (Å²) in [5.41, 5.74) is 3.04. The lowest BCUT2D eigenvalue weighted by molar-refractivity contribution is 0.0664. The van der Waals surface area contributed by atoms with Crippen LogP contribution in [0.5, 0.6) is 0 Å². The zero-order valence-electron chi connectivity index (χ0n) is 19.2. The largest absolute Gasteiger partial charge is 0.337 e. The summed E-state index contributed by atoms with van der Waals surface area (Å²) in [6, 6.07) is 21.1. The molecule has 6 nitrogen and oxygen atoms in total. The molecule has 0 unspecified atom stereocenters. The minimum absolute atomic E-state index is 0.115. The van der Waals surface area contributed by atoms with Crippen LogP contribution in [0.1, 0.15) is 51.6 Å². The molecule has 0 radical (unpaired) electrons. The maximum Gasteiger partial charge on any atom is 0.255 e. The van der Waals surface area contributed by atoms with Crippen molar-refractivity contribution >= 4 is 23.3 Å². The molecule has 0 spiro atoms. The van der Waals surface area contributed by atoms with Crippen LogP contribution in [0.4, 0.5) is 0 Å². The Morgan fingerprint density at radius 1 is 0.941 bits per heavy atom. The van der Waals surface area contributed by atoms with Crippen molar-refractivity contribution in [3.63, 3.8) is 0 Å². The fourth-order valence-electron chi connectivity index (χ4n) is 3.55. The van der Waals surface area contributed by atoms with E-state index in [1.807, 2.05) is 32.9 Å². The Kier molecular flexibility index (Phi) is 6.89. The molecule has 0 saturated carbocycles. The maximum absolute atomic E-state index is 13.6. The second kappa shape index (κ2) is 10.0. The standard InChI is InChI=1S/C27H24ClN3O3/c1-17(2)31(16-24-29-26(30-34-24)20-12-14-21(28)15-13-20)27(33)23-7-5-4-6-22(23)25(32)19-10-8-18(3)9-11-19/h4-15,17H,16H2,1-3H3. The molecular weight excluding hydrogens is 450 g/mol. The first-order valence-corrected chi connectivity index (χ1v) is 11.3. The van der Waals surface area contributed by atoms with Gasteiger partial charge in [0.2, 0.25) is 11.7 Å². The number of benzene rings is 3.